The first-order valence-electron chi connectivity index (χ1n) is 25.0. The average Bonchev–Trinajstić information content (AvgIpc) is 3.25. The third-order valence-electron chi connectivity index (χ3n) is 10.9. The van der Waals surface area contributed by atoms with Crippen LogP contribution in [0.1, 0.15) is 232 Å². The normalized spacial score (nSPS) is 13.9. The third kappa shape index (κ3) is 44.3. The minimum Gasteiger partial charge on any atom is -0.480 e. The van der Waals surface area contributed by atoms with Crippen LogP contribution in [0, 0.1) is 0 Å². The Hall–Kier alpha value is -2.30. The molecule has 0 heterocycles. The lowest BCUT2D eigenvalue weighted by atomic mass is 10.0. The number of amides is 1. The van der Waals surface area contributed by atoms with Gasteiger partial charge in [0.05, 0.1) is 13.2 Å². The zero-order valence-corrected chi connectivity index (χ0v) is 40.3. The van der Waals surface area contributed by atoms with Gasteiger partial charge in [-0.25, -0.2) is 9.36 Å². The number of carbonyl (C=O) groups is 3. The smallest absolute Gasteiger partial charge is 0.472 e. The Labute approximate surface area is 378 Å². The highest BCUT2D eigenvalue weighted by molar-refractivity contribution is 7.47. The van der Waals surface area contributed by atoms with Gasteiger partial charge in [-0.15, -0.1) is 0 Å². The Morgan fingerprint density at radius 1 is 0.516 bits per heavy atom. The molecular weight excluding hydrogens is 806 g/mol. The van der Waals surface area contributed by atoms with E-state index in [2.05, 4.69) is 55.6 Å². The molecule has 0 fully saturated rings. The van der Waals surface area contributed by atoms with E-state index in [0.717, 1.165) is 70.6 Å². The predicted octanol–water partition coefficient (Wildman–Crippen LogP) is 13.6. The number of phosphoric acid groups is 1. The molecule has 0 radical (unpaired) electrons. The summed E-state index contributed by atoms with van der Waals surface area (Å²) in [5, 5.41) is 21.9. The van der Waals surface area contributed by atoms with Gasteiger partial charge in [0.15, 0.2) is 6.04 Å². The minimum atomic E-state index is -4.76. The summed E-state index contributed by atoms with van der Waals surface area (Å²) in [7, 11) is -4.76. The van der Waals surface area contributed by atoms with E-state index in [0.29, 0.717) is 12.8 Å². The highest BCUT2D eigenvalue weighted by atomic mass is 31.2. The van der Waals surface area contributed by atoms with Gasteiger partial charge in [-0.3, -0.25) is 18.6 Å². The summed E-state index contributed by atoms with van der Waals surface area (Å²) >= 11 is 0. The first-order valence-corrected chi connectivity index (χ1v) is 26.5. The summed E-state index contributed by atoms with van der Waals surface area (Å²) < 4.78 is 26.9. The van der Waals surface area contributed by atoms with E-state index in [1.165, 1.54) is 122 Å². The zero-order chi connectivity index (χ0) is 45.6. The van der Waals surface area contributed by atoms with Crippen LogP contribution >= 0.6 is 7.82 Å². The maximum atomic E-state index is 12.3. The lowest BCUT2D eigenvalue weighted by molar-refractivity contribution is -0.147. The number of carboxylic acids is 1. The van der Waals surface area contributed by atoms with Crippen molar-refractivity contribution in [2.24, 2.45) is 0 Å². The summed E-state index contributed by atoms with van der Waals surface area (Å²) in [4.78, 5) is 46.1. The van der Waals surface area contributed by atoms with Gasteiger partial charge < -0.3 is 25.2 Å². The Morgan fingerprint density at radius 3 is 1.35 bits per heavy atom. The second-order valence-electron chi connectivity index (χ2n) is 17.0. The van der Waals surface area contributed by atoms with Crippen LogP contribution in [0.3, 0.4) is 0 Å². The van der Waals surface area contributed by atoms with Gasteiger partial charge in [0, 0.05) is 12.8 Å². The molecule has 0 bridgehead atoms. The Balaban J connectivity index is 3.85. The number of aliphatic hydroxyl groups is 1. The number of nitrogens with one attached hydrogen (secondary N) is 1. The predicted molar refractivity (Wildman–Crippen MR) is 254 cm³/mol. The molecule has 0 aromatic rings. The number of esters is 1. The van der Waals surface area contributed by atoms with Crippen LogP contribution in [-0.4, -0.2) is 64.9 Å². The number of hydrogen-bond acceptors (Lipinski definition) is 8. The SMILES string of the molecule is CCCCC/C=C\C/C=C\C/C=C\CCCCCCCCC(=O)NC(COP(=O)(O)OCC(O)COC(=O)CCCCCCCCCCCCCCCCCCCCC)C(=O)O. The molecule has 11 nitrogen and oxygen atoms in total. The van der Waals surface area contributed by atoms with Crippen molar-refractivity contribution in [2.75, 3.05) is 19.8 Å². The van der Waals surface area contributed by atoms with Crippen molar-refractivity contribution in [3.63, 3.8) is 0 Å². The van der Waals surface area contributed by atoms with Crippen LogP contribution < -0.4 is 5.32 Å². The fraction of sp³-hybridized carbons (Fsp3) is 0.820. The molecule has 62 heavy (non-hydrogen) atoms. The molecule has 362 valence electrons. The lowest BCUT2D eigenvalue weighted by Gasteiger charge is -2.18. The molecule has 3 atom stereocenters. The van der Waals surface area contributed by atoms with E-state index in [-0.39, 0.29) is 12.8 Å². The summed E-state index contributed by atoms with van der Waals surface area (Å²) in [5.41, 5.74) is 0. The van der Waals surface area contributed by atoms with E-state index in [9.17, 15) is 34.1 Å². The molecule has 0 aromatic heterocycles. The molecule has 0 aromatic carbocycles. The Kier molecular flexibility index (Phi) is 43.6. The molecule has 0 aliphatic rings. The number of carbonyl (C=O) groups excluding carboxylic acids is 2. The highest BCUT2D eigenvalue weighted by Crippen LogP contribution is 2.43. The van der Waals surface area contributed by atoms with Crippen molar-refractivity contribution in [1.82, 2.24) is 5.32 Å². The number of allylic oxidation sites excluding steroid dienone is 6. The fourth-order valence-corrected chi connectivity index (χ4v) is 7.80. The van der Waals surface area contributed by atoms with Crippen molar-refractivity contribution in [2.45, 2.75) is 244 Å². The van der Waals surface area contributed by atoms with Crippen LogP contribution in [-0.2, 0) is 32.7 Å². The standard InChI is InChI=1S/C50H92NO10P/c1-3-5-7-9-11-13-15-17-19-21-23-25-27-29-31-33-35-37-39-41-48(53)51-47(50(55)56)45-61-62(57,58)60-44-46(52)43-59-49(54)42-40-38-36-34-32-30-28-26-24-22-20-18-16-14-12-10-8-6-4-2/h11,13,17,19,23,25,46-47,52H,3-10,12,14-16,18,20-22,24,26-45H2,1-2H3,(H,51,53)(H,55,56)(H,57,58)/b13-11-,19-17-,25-23-. The summed E-state index contributed by atoms with van der Waals surface area (Å²) in [5.74, 6) is -2.38. The molecule has 0 saturated heterocycles. The van der Waals surface area contributed by atoms with E-state index >= 15 is 0 Å². The van der Waals surface area contributed by atoms with Crippen LogP contribution in [0.4, 0.5) is 0 Å². The van der Waals surface area contributed by atoms with Crippen molar-refractivity contribution in [3.05, 3.63) is 36.5 Å². The van der Waals surface area contributed by atoms with Crippen LogP contribution in [0.2, 0.25) is 0 Å². The number of ether oxygens (including phenoxy) is 1. The maximum Gasteiger partial charge on any atom is 0.472 e. The fourth-order valence-electron chi connectivity index (χ4n) is 7.03. The molecule has 12 heteroatoms. The van der Waals surface area contributed by atoms with Crippen molar-refractivity contribution < 1.29 is 47.8 Å². The number of phosphoric ester groups is 1. The second kappa shape index (κ2) is 45.3. The number of hydrogen-bond donors (Lipinski definition) is 4. The molecule has 1 amide bonds. The summed E-state index contributed by atoms with van der Waals surface area (Å²) in [6.45, 7) is 2.59. The van der Waals surface area contributed by atoms with Gasteiger partial charge in [-0.1, -0.05) is 204 Å². The van der Waals surface area contributed by atoms with Crippen LogP contribution in [0.15, 0.2) is 36.5 Å². The van der Waals surface area contributed by atoms with Crippen molar-refractivity contribution in [3.8, 4) is 0 Å². The molecular formula is C50H92NO10P. The summed E-state index contributed by atoms with van der Waals surface area (Å²) in [6.07, 6.45) is 50.2. The zero-order valence-electron chi connectivity index (χ0n) is 39.4. The van der Waals surface area contributed by atoms with Gasteiger partial charge >= 0.3 is 19.8 Å². The average molecular weight is 898 g/mol. The molecule has 4 N–H and O–H groups in total. The molecule has 0 spiro atoms. The minimum absolute atomic E-state index is 0.131. The number of unbranched alkanes of at least 4 members (excludes halogenated alkanes) is 27. The van der Waals surface area contributed by atoms with Gasteiger partial charge in [0.2, 0.25) is 5.91 Å². The second-order valence-corrected chi connectivity index (χ2v) is 18.5. The van der Waals surface area contributed by atoms with E-state index in [1.807, 2.05) is 0 Å². The number of aliphatic carboxylic acids is 1. The number of aliphatic hydroxyl groups excluding tert-OH is 1. The molecule has 3 unspecified atom stereocenters. The topological polar surface area (TPSA) is 169 Å². The van der Waals surface area contributed by atoms with Crippen molar-refractivity contribution >= 4 is 25.7 Å². The van der Waals surface area contributed by atoms with E-state index < -0.39 is 57.6 Å². The maximum absolute atomic E-state index is 12.3. The highest BCUT2D eigenvalue weighted by Gasteiger charge is 2.28. The Bertz CT molecular complexity index is 1190. The van der Waals surface area contributed by atoms with E-state index in [4.69, 9.17) is 13.8 Å². The van der Waals surface area contributed by atoms with Crippen molar-refractivity contribution in [1.29, 1.82) is 0 Å². The monoisotopic (exact) mass is 898 g/mol. The first kappa shape index (κ1) is 59.7. The lowest BCUT2D eigenvalue weighted by Crippen LogP contribution is -2.43. The van der Waals surface area contributed by atoms with Crippen LogP contribution in [0.25, 0.3) is 0 Å². The van der Waals surface area contributed by atoms with E-state index in [1.54, 1.807) is 0 Å². The summed E-state index contributed by atoms with van der Waals surface area (Å²) in [6, 6.07) is -1.55. The van der Waals surface area contributed by atoms with Crippen LogP contribution in [0.5, 0.6) is 0 Å². The van der Waals surface area contributed by atoms with Gasteiger partial charge in [0.1, 0.15) is 12.7 Å². The van der Waals surface area contributed by atoms with Gasteiger partial charge in [-0.05, 0) is 51.4 Å². The molecule has 0 aliphatic carbocycles. The first-order chi connectivity index (χ1) is 30.1. The molecule has 0 rings (SSSR count). The number of rotatable bonds is 47. The quantitative estimate of drug-likeness (QED) is 0.0200. The number of carboxylic acid groups (broad SMARTS) is 1. The van der Waals surface area contributed by atoms with Gasteiger partial charge in [0.25, 0.3) is 0 Å². The largest absolute Gasteiger partial charge is 0.480 e. The Morgan fingerprint density at radius 2 is 0.887 bits per heavy atom. The third-order valence-corrected chi connectivity index (χ3v) is 11.9. The molecule has 0 saturated carbocycles. The van der Waals surface area contributed by atoms with Gasteiger partial charge in [-0.2, -0.15) is 0 Å². The molecule has 0 aliphatic heterocycles.